The molecular formula is C23H22ClIN4OS2. The molecule has 0 aliphatic heterocycles. The second kappa shape index (κ2) is 10.3. The van der Waals surface area contributed by atoms with Crippen LogP contribution < -0.4 is 10.0 Å². The normalized spacial score (nSPS) is 11.8. The molecule has 166 valence electrons. The van der Waals surface area contributed by atoms with Crippen molar-refractivity contribution in [2.45, 2.75) is 18.2 Å². The Kier molecular flexibility index (Phi) is 7.44. The molecule has 2 N–H and O–H groups in total. The number of aryl methyl sites for hydroxylation is 1. The number of rotatable bonds is 8. The molecule has 0 atom stereocenters. The summed E-state index contributed by atoms with van der Waals surface area (Å²) in [7, 11) is -2.88. The molecule has 0 saturated carbocycles. The lowest BCUT2D eigenvalue weighted by molar-refractivity contribution is 0.685. The first-order valence-corrected chi connectivity index (χ1v) is 15.7. The quantitative estimate of drug-likeness (QED) is 0.0931. The number of benzene rings is 2. The van der Waals surface area contributed by atoms with Gasteiger partial charge in [0.15, 0.2) is 10.3 Å². The molecule has 5 nitrogen and oxygen atoms in total. The Bertz CT molecular complexity index is 1250. The fourth-order valence-electron chi connectivity index (χ4n) is 3.19. The highest BCUT2D eigenvalue weighted by Gasteiger charge is 2.17. The molecule has 0 aliphatic rings. The van der Waals surface area contributed by atoms with Crippen molar-refractivity contribution >= 4 is 62.3 Å². The van der Waals surface area contributed by atoms with E-state index < -0.39 is 7.29 Å². The first-order chi connectivity index (χ1) is 15.4. The third kappa shape index (κ3) is 5.67. The van der Waals surface area contributed by atoms with Gasteiger partial charge in [0.1, 0.15) is 0 Å². The highest BCUT2D eigenvalue weighted by atomic mass is 127. The van der Waals surface area contributed by atoms with Gasteiger partial charge >= 0.3 is 0 Å². The maximum atomic E-state index is 13.3. The molecule has 0 fully saturated rings. The van der Waals surface area contributed by atoms with E-state index in [1.807, 2.05) is 82.7 Å². The summed E-state index contributed by atoms with van der Waals surface area (Å²) in [4.78, 5) is 10.7. The molecule has 0 bridgehead atoms. The zero-order valence-corrected chi connectivity index (χ0v) is 21.9. The van der Waals surface area contributed by atoms with Gasteiger partial charge < -0.3 is 10.0 Å². The predicted molar refractivity (Wildman–Crippen MR) is 146 cm³/mol. The summed E-state index contributed by atoms with van der Waals surface area (Å²) in [5.74, 6) is 0. The Morgan fingerprint density at radius 3 is 2.50 bits per heavy atom. The number of nitrogens with one attached hydrogen (secondary N) is 2. The second-order valence-corrected chi connectivity index (χ2v) is 14.4. The van der Waals surface area contributed by atoms with E-state index in [0.717, 1.165) is 39.1 Å². The highest BCUT2D eigenvalue weighted by Crippen LogP contribution is 2.37. The number of pyridine rings is 1. The van der Waals surface area contributed by atoms with Crippen molar-refractivity contribution in [1.29, 1.82) is 0 Å². The molecule has 0 spiro atoms. The number of nitrogens with zero attached hydrogens (tertiary/aromatic N) is 2. The van der Waals surface area contributed by atoms with Gasteiger partial charge in [-0.2, -0.15) is 0 Å². The molecule has 0 aliphatic carbocycles. The Morgan fingerprint density at radius 2 is 1.78 bits per heavy atom. The molecule has 0 amide bonds. The molecule has 32 heavy (non-hydrogen) atoms. The largest absolute Gasteiger partial charge is 0.361 e. The first-order valence-electron chi connectivity index (χ1n) is 9.97. The lowest BCUT2D eigenvalue weighted by Gasteiger charge is -2.21. The monoisotopic (exact) mass is 596 g/mol. The van der Waals surface area contributed by atoms with Gasteiger partial charge in [-0.1, -0.05) is 71.5 Å². The van der Waals surface area contributed by atoms with Gasteiger partial charge in [-0.25, -0.2) is 9.97 Å². The summed E-state index contributed by atoms with van der Waals surface area (Å²) < 4.78 is 16.4. The van der Waals surface area contributed by atoms with Gasteiger partial charge in [-0.15, -0.1) is 0 Å². The highest BCUT2D eigenvalue weighted by molar-refractivity contribution is 14.2. The SMILES string of the molecule is Cc1nc(NCCc2ccccc2)sc1-c1cnc(Cl)c(N[SH](=O)(I)c2ccccc2)c1. The van der Waals surface area contributed by atoms with Gasteiger partial charge in [0.05, 0.1) is 16.3 Å². The fraction of sp³-hybridized carbons (Fsp3) is 0.130. The van der Waals surface area contributed by atoms with Crippen molar-refractivity contribution in [3.8, 4) is 10.4 Å². The standard InChI is InChI=1S/C23H22ClIN4OS2/c1-16-21(31-23(28-16)26-13-12-17-8-4-2-5-9-17)18-14-20(22(24)27-15-18)29-32(25,30)19-10-6-3-7-11-19/h2-11,14-15,32H,12-13H2,1H3,(H,26,28)(H,29,30). The van der Waals surface area contributed by atoms with Crippen molar-refractivity contribution in [3.05, 3.63) is 89.3 Å². The van der Waals surface area contributed by atoms with Crippen LogP contribution in [-0.4, -0.2) is 20.7 Å². The van der Waals surface area contributed by atoms with Crippen LogP contribution in [0.2, 0.25) is 5.15 Å². The van der Waals surface area contributed by atoms with Crippen LogP contribution >= 0.6 is 44.1 Å². The third-order valence-electron chi connectivity index (χ3n) is 4.78. The molecule has 2 aromatic carbocycles. The maximum Gasteiger partial charge on any atom is 0.183 e. The molecule has 2 heterocycles. The van der Waals surface area contributed by atoms with E-state index in [4.69, 9.17) is 11.6 Å². The summed E-state index contributed by atoms with van der Waals surface area (Å²) in [6.45, 7) is 2.78. The maximum absolute atomic E-state index is 13.3. The molecule has 2 aromatic heterocycles. The van der Waals surface area contributed by atoms with E-state index >= 15 is 0 Å². The van der Waals surface area contributed by atoms with E-state index in [1.165, 1.54) is 5.56 Å². The van der Waals surface area contributed by atoms with Crippen molar-refractivity contribution in [3.63, 3.8) is 0 Å². The number of thiazole rings is 1. The van der Waals surface area contributed by atoms with Crippen LogP contribution in [-0.2, 0) is 13.7 Å². The molecule has 4 rings (SSSR count). The van der Waals surface area contributed by atoms with E-state index in [0.29, 0.717) is 5.69 Å². The zero-order chi connectivity index (χ0) is 22.6. The second-order valence-electron chi connectivity index (χ2n) is 7.14. The van der Waals surface area contributed by atoms with E-state index in [9.17, 15) is 4.21 Å². The Balaban J connectivity index is 1.51. The number of thiol groups is 1. The molecule has 0 radical (unpaired) electrons. The van der Waals surface area contributed by atoms with Crippen LogP contribution in [0.1, 0.15) is 11.3 Å². The van der Waals surface area contributed by atoms with E-state index in [-0.39, 0.29) is 5.15 Å². The van der Waals surface area contributed by atoms with Crippen molar-refractivity contribution < 1.29 is 4.21 Å². The lowest BCUT2D eigenvalue weighted by atomic mass is 10.1. The van der Waals surface area contributed by atoms with Crippen LogP contribution in [0.3, 0.4) is 0 Å². The lowest BCUT2D eigenvalue weighted by Crippen LogP contribution is -2.15. The predicted octanol–water partition coefficient (Wildman–Crippen LogP) is 6.57. The van der Waals surface area contributed by atoms with Crippen LogP contribution in [0.25, 0.3) is 10.4 Å². The van der Waals surface area contributed by atoms with E-state index in [2.05, 4.69) is 32.1 Å². The van der Waals surface area contributed by atoms with Crippen LogP contribution in [0, 0.1) is 6.92 Å². The van der Waals surface area contributed by atoms with Crippen LogP contribution in [0.4, 0.5) is 10.8 Å². The van der Waals surface area contributed by atoms with E-state index in [1.54, 1.807) is 17.5 Å². The molecule has 0 unspecified atom stereocenters. The molecule has 9 heteroatoms. The van der Waals surface area contributed by atoms with Gasteiger partial charge in [-0.3, -0.25) is 4.21 Å². The number of hydrogen-bond acceptors (Lipinski definition) is 5. The number of aromatic nitrogens is 2. The van der Waals surface area contributed by atoms with Crippen LogP contribution in [0.15, 0.2) is 77.8 Å². The molecule has 4 aromatic rings. The van der Waals surface area contributed by atoms with Crippen LogP contribution in [0.5, 0.6) is 0 Å². The average Bonchev–Trinajstić information content (AvgIpc) is 3.17. The van der Waals surface area contributed by atoms with Crippen molar-refractivity contribution in [1.82, 2.24) is 9.97 Å². The summed E-state index contributed by atoms with van der Waals surface area (Å²) in [5, 5.41) is 4.55. The topological polar surface area (TPSA) is 66.9 Å². The Hall–Kier alpha value is -2.01. The minimum Gasteiger partial charge on any atom is -0.361 e. The summed E-state index contributed by atoms with van der Waals surface area (Å²) in [6, 6.07) is 21.6. The first kappa shape index (κ1) is 23.2. The Labute approximate surface area is 209 Å². The summed E-state index contributed by atoms with van der Waals surface area (Å²) >= 11 is 9.86. The molecule has 0 saturated heterocycles. The van der Waals surface area contributed by atoms with Gasteiger partial charge in [0.25, 0.3) is 0 Å². The zero-order valence-electron chi connectivity index (χ0n) is 17.3. The Morgan fingerprint density at radius 1 is 1.09 bits per heavy atom. The van der Waals surface area contributed by atoms with Gasteiger partial charge in [-0.05, 0) is 37.1 Å². The fourth-order valence-corrected chi connectivity index (χ4v) is 7.29. The number of anilines is 2. The molecular weight excluding hydrogens is 575 g/mol. The summed E-state index contributed by atoms with van der Waals surface area (Å²) in [6.07, 6.45) is 2.65. The average molecular weight is 597 g/mol. The third-order valence-corrected chi connectivity index (χ3v) is 10.1. The van der Waals surface area contributed by atoms with Gasteiger partial charge in [0, 0.05) is 51.7 Å². The van der Waals surface area contributed by atoms with Gasteiger partial charge in [0.2, 0.25) is 0 Å². The van der Waals surface area contributed by atoms with Crippen molar-refractivity contribution in [2.75, 3.05) is 16.6 Å². The smallest absolute Gasteiger partial charge is 0.183 e. The summed E-state index contributed by atoms with van der Waals surface area (Å²) in [5.41, 5.74) is 3.62. The number of halogens is 2. The minimum atomic E-state index is -2.88. The van der Waals surface area contributed by atoms with Crippen molar-refractivity contribution in [2.24, 2.45) is 0 Å². The number of hydrogen-bond donors (Lipinski definition) is 3. The minimum absolute atomic E-state index is 0.282.